The maximum Gasteiger partial charge on any atom is 0.146 e. The van der Waals surface area contributed by atoms with Crippen molar-refractivity contribution in [2.75, 3.05) is 38.2 Å². The van der Waals surface area contributed by atoms with Crippen molar-refractivity contribution < 1.29 is 23.7 Å². The molecular weight excluding hydrogens is 861 g/mol. The fourth-order valence-corrected chi connectivity index (χ4v) is 11.9. The van der Waals surface area contributed by atoms with Gasteiger partial charge in [-0.25, -0.2) is 4.68 Å². The van der Waals surface area contributed by atoms with Crippen molar-refractivity contribution in [2.24, 2.45) is 0 Å². The van der Waals surface area contributed by atoms with Crippen molar-refractivity contribution in [3.05, 3.63) is 174 Å². The molecule has 66 heavy (non-hydrogen) atoms. The average molecular weight is 909 g/mol. The lowest BCUT2D eigenvalue weighted by Gasteiger charge is -2.41. The molecule has 0 radical (unpaired) electrons. The normalized spacial score (nSPS) is 16.6. The molecular formula is C55H48N4O5S2. The van der Waals surface area contributed by atoms with Crippen LogP contribution in [0.1, 0.15) is 44.5 Å². The van der Waals surface area contributed by atoms with Gasteiger partial charge in [0.25, 0.3) is 0 Å². The lowest BCUT2D eigenvalue weighted by atomic mass is 9.74. The first kappa shape index (κ1) is 41.7. The summed E-state index contributed by atoms with van der Waals surface area (Å²) in [5, 5.41) is 5.63. The van der Waals surface area contributed by atoms with Gasteiger partial charge in [0, 0.05) is 53.1 Å². The number of hydrogen-bond donors (Lipinski definition) is 0. The van der Waals surface area contributed by atoms with Gasteiger partial charge in [-0.1, -0.05) is 75.1 Å². The van der Waals surface area contributed by atoms with Gasteiger partial charge in [0.1, 0.15) is 40.0 Å². The summed E-state index contributed by atoms with van der Waals surface area (Å²) in [5.74, 6) is 4.65. The van der Waals surface area contributed by atoms with Crippen molar-refractivity contribution in [1.29, 1.82) is 0 Å². The first-order valence-electron chi connectivity index (χ1n) is 21.8. The minimum atomic E-state index is -0.983. The Morgan fingerprint density at radius 2 is 1.18 bits per heavy atom. The molecule has 1 unspecified atom stereocenters. The molecule has 1 atom stereocenters. The van der Waals surface area contributed by atoms with Gasteiger partial charge in [0.2, 0.25) is 0 Å². The summed E-state index contributed by atoms with van der Waals surface area (Å²) < 4.78 is 32.2. The topological polar surface area (TPSA) is 70.5 Å². The lowest BCUT2D eigenvalue weighted by Crippen LogP contribution is -2.40. The van der Waals surface area contributed by atoms with Crippen LogP contribution in [0.2, 0.25) is 0 Å². The molecule has 0 fully saturated rings. The molecule has 0 N–H and O–H groups in total. The Morgan fingerprint density at radius 1 is 0.652 bits per heavy atom. The molecule has 4 aliphatic rings. The Kier molecular flexibility index (Phi) is 9.86. The average Bonchev–Trinajstić information content (AvgIpc) is 3.90. The number of allylic oxidation sites excluding steroid dienone is 4. The van der Waals surface area contributed by atoms with Gasteiger partial charge in [0.05, 0.1) is 62.6 Å². The maximum absolute atomic E-state index is 7.06. The number of nitrogens with zero attached hydrogens (tertiary/aromatic N) is 4. The Morgan fingerprint density at radius 3 is 1.71 bits per heavy atom. The van der Waals surface area contributed by atoms with Gasteiger partial charge < -0.3 is 33.5 Å². The van der Waals surface area contributed by atoms with E-state index in [0.29, 0.717) is 0 Å². The Labute approximate surface area is 393 Å². The van der Waals surface area contributed by atoms with Crippen LogP contribution >= 0.6 is 23.5 Å². The van der Waals surface area contributed by atoms with E-state index in [0.717, 1.165) is 122 Å². The largest absolute Gasteiger partial charge is 0.497 e. The van der Waals surface area contributed by atoms with Gasteiger partial charge in [0.15, 0.2) is 0 Å². The monoisotopic (exact) mass is 908 g/mol. The van der Waals surface area contributed by atoms with E-state index < -0.39 is 5.54 Å². The molecule has 6 aromatic carbocycles. The van der Waals surface area contributed by atoms with Crippen LogP contribution in [0.3, 0.4) is 0 Å². The number of methoxy groups -OCH3 is 4. The number of anilines is 5. The molecule has 1 aromatic heterocycles. The highest BCUT2D eigenvalue weighted by Crippen LogP contribution is 2.60. The molecule has 0 aliphatic carbocycles. The van der Waals surface area contributed by atoms with Gasteiger partial charge in [-0.3, -0.25) is 0 Å². The summed E-state index contributed by atoms with van der Waals surface area (Å²) in [6.45, 7) is 13.2. The van der Waals surface area contributed by atoms with Crippen LogP contribution in [-0.2, 0) is 11.0 Å². The van der Waals surface area contributed by atoms with E-state index in [1.54, 1.807) is 52.0 Å². The second kappa shape index (κ2) is 15.6. The summed E-state index contributed by atoms with van der Waals surface area (Å²) >= 11 is 3.40. The van der Waals surface area contributed by atoms with Crippen LogP contribution in [0.5, 0.6) is 28.7 Å². The lowest BCUT2D eigenvalue weighted by molar-refractivity contribution is 0.346. The molecule has 330 valence electrons. The SMILES string of the molecule is C=C/C(=C\C1=C(C)Oc2ccc(N3c4ccc(OC)cc4Sc4cc(OC)ccc43)cc2C12c1ccccc1-c1cc(C(C)(C)C)nn12)N1c2ccc(OC)cc2Sc2cc(OC)ccc21. The minimum absolute atomic E-state index is 0.230. The summed E-state index contributed by atoms with van der Waals surface area (Å²) in [5.41, 5.74) is 10.9. The second-order valence-electron chi connectivity index (χ2n) is 17.6. The highest BCUT2D eigenvalue weighted by molar-refractivity contribution is 8.00. The third-order valence-corrected chi connectivity index (χ3v) is 15.1. The fraction of sp³-hybridized carbons (Fsp3) is 0.182. The predicted molar refractivity (Wildman–Crippen MR) is 265 cm³/mol. The second-order valence-corrected chi connectivity index (χ2v) is 19.7. The van der Waals surface area contributed by atoms with Gasteiger partial charge in [-0.15, -0.1) is 0 Å². The standard InChI is InChI=1S/C55H48N4O5S2/c1-10-33(57-43-20-16-35(60-6)27-49(43)65-50-28-36(61-7)17-21-44(50)57)25-41-32(2)64-48-24-15-34(58-45-22-18-37(62-8)29-51(45)66-52-30-38(63-9)19-23-46(52)58)26-42(48)55(41)40-14-12-11-13-39(40)47-31-53(54(3,4)5)56-59(47)55/h10-31H,1H2,2-9H3/b33-25+. The smallest absolute Gasteiger partial charge is 0.146 e. The Bertz CT molecular complexity index is 3130. The van der Waals surface area contributed by atoms with E-state index in [1.807, 2.05) is 30.3 Å². The van der Waals surface area contributed by atoms with E-state index >= 15 is 0 Å². The molecule has 11 rings (SSSR count). The van der Waals surface area contributed by atoms with Crippen molar-refractivity contribution in [3.63, 3.8) is 0 Å². The molecule has 9 nitrogen and oxygen atoms in total. The Hall–Kier alpha value is -6.95. The number of fused-ring (bicyclic) bond motifs is 11. The van der Waals surface area contributed by atoms with E-state index in [1.165, 1.54) is 0 Å². The summed E-state index contributed by atoms with van der Waals surface area (Å²) in [4.78, 5) is 8.84. The van der Waals surface area contributed by atoms with E-state index in [2.05, 4.69) is 152 Å². The van der Waals surface area contributed by atoms with Crippen molar-refractivity contribution in [1.82, 2.24) is 9.78 Å². The van der Waals surface area contributed by atoms with Crippen LogP contribution in [0.25, 0.3) is 11.3 Å². The summed E-state index contributed by atoms with van der Waals surface area (Å²) in [6.07, 6.45) is 4.19. The molecule has 0 saturated heterocycles. The number of hydrogen-bond acceptors (Lipinski definition) is 10. The fourth-order valence-electron chi connectivity index (χ4n) is 9.67. The van der Waals surface area contributed by atoms with Crippen LogP contribution in [0, 0.1) is 0 Å². The molecule has 1 spiro atoms. The number of rotatable bonds is 8. The number of benzene rings is 6. The highest BCUT2D eigenvalue weighted by atomic mass is 32.2. The van der Waals surface area contributed by atoms with Crippen LogP contribution < -0.4 is 33.5 Å². The minimum Gasteiger partial charge on any atom is -0.497 e. The van der Waals surface area contributed by atoms with E-state index in [9.17, 15) is 0 Å². The van der Waals surface area contributed by atoms with Gasteiger partial charge >= 0.3 is 0 Å². The van der Waals surface area contributed by atoms with Gasteiger partial charge in [-0.05, 0) is 122 Å². The molecule has 11 heteroatoms. The zero-order valence-electron chi connectivity index (χ0n) is 38.1. The predicted octanol–water partition coefficient (Wildman–Crippen LogP) is 14.0. The first-order valence-corrected chi connectivity index (χ1v) is 23.4. The maximum atomic E-state index is 7.06. The molecule has 0 amide bonds. The third kappa shape index (κ3) is 6.27. The highest BCUT2D eigenvalue weighted by Gasteiger charge is 2.53. The van der Waals surface area contributed by atoms with Crippen molar-refractivity contribution in [2.45, 2.75) is 58.2 Å². The molecule has 0 bridgehead atoms. The van der Waals surface area contributed by atoms with E-state index in [4.69, 9.17) is 28.8 Å². The summed E-state index contributed by atoms with van der Waals surface area (Å²) in [6, 6.07) is 42.5. The molecule has 0 saturated carbocycles. The molecule has 4 aliphatic heterocycles. The molecule has 5 heterocycles. The first-order chi connectivity index (χ1) is 32.0. The third-order valence-electron chi connectivity index (χ3n) is 12.9. The number of ether oxygens (including phenoxy) is 5. The van der Waals surface area contributed by atoms with Gasteiger partial charge in [-0.2, -0.15) is 5.10 Å². The zero-order chi connectivity index (χ0) is 45.6. The zero-order valence-corrected chi connectivity index (χ0v) is 39.7. The van der Waals surface area contributed by atoms with E-state index in [-0.39, 0.29) is 5.41 Å². The number of aromatic nitrogens is 2. The van der Waals surface area contributed by atoms with Crippen LogP contribution in [0.4, 0.5) is 28.4 Å². The van der Waals surface area contributed by atoms with Crippen molar-refractivity contribution >= 4 is 52.0 Å². The Balaban J connectivity index is 1.19. The van der Waals surface area contributed by atoms with Crippen LogP contribution in [-0.4, -0.2) is 38.2 Å². The summed E-state index contributed by atoms with van der Waals surface area (Å²) in [7, 11) is 6.81. The quantitative estimate of drug-likeness (QED) is 0.138. The molecule has 7 aromatic rings. The van der Waals surface area contributed by atoms with Crippen LogP contribution in [0.15, 0.2) is 177 Å². The van der Waals surface area contributed by atoms with Crippen molar-refractivity contribution in [3.8, 4) is 40.0 Å².